The molecule has 0 bridgehead atoms. The fraction of sp³-hybridized carbons (Fsp3) is 0.345. The molecule has 1 fully saturated rings. The lowest BCUT2D eigenvalue weighted by Gasteiger charge is -2.45. The van der Waals surface area contributed by atoms with Crippen molar-refractivity contribution in [2.24, 2.45) is 0 Å². The van der Waals surface area contributed by atoms with Crippen LogP contribution in [0.5, 0.6) is 0 Å². The van der Waals surface area contributed by atoms with Gasteiger partial charge in [0.05, 0.1) is 25.4 Å². The predicted octanol–water partition coefficient (Wildman–Crippen LogP) is 4.85. The summed E-state index contributed by atoms with van der Waals surface area (Å²) < 4.78 is 25.0. The Morgan fingerprint density at radius 2 is 1.33 bits per heavy atom. The molecule has 5 atom stereocenters. The average Bonchev–Trinajstić information content (AvgIpc) is 2.93. The Morgan fingerprint density at radius 1 is 0.806 bits per heavy atom. The highest BCUT2D eigenvalue weighted by atomic mass is 32.2. The second kappa shape index (κ2) is 13.6. The van der Waals surface area contributed by atoms with Crippen molar-refractivity contribution >= 4 is 17.7 Å². The van der Waals surface area contributed by atoms with Crippen LogP contribution in [0.2, 0.25) is 0 Å². The van der Waals surface area contributed by atoms with Crippen LogP contribution in [0.1, 0.15) is 28.4 Å². The van der Waals surface area contributed by atoms with Crippen molar-refractivity contribution in [1.82, 2.24) is 0 Å². The molecule has 6 nitrogen and oxygen atoms in total. The molecule has 1 saturated heterocycles. The van der Waals surface area contributed by atoms with Crippen LogP contribution in [0.3, 0.4) is 0 Å². The molecule has 1 heterocycles. The van der Waals surface area contributed by atoms with E-state index in [4.69, 9.17) is 18.9 Å². The molecule has 4 rings (SSSR count). The highest BCUT2D eigenvalue weighted by molar-refractivity contribution is 7.99. The standard InChI is InChI=1S/C29H32O6S/c1-2-36-29-27(33-20-22-14-8-4-9-15-22)26(35-28(31)23-16-10-5-11-17-23)25(24(18-30)34-29)32-19-21-12-6-3-7-13-21/h3-17,24-27,29-30H,2,18-20H2,1H3/t24-,25-,26+,27-,29+/m1/s1. The third-order valence-corrected chi connectivity index (χ3v) is 6.97. The molecule has 0 radical (unpaired) electrons. The first-order chi connectivity index (χ1) is 17.7. The highest BCUT2D eigenvalue weighted by Crippen LogP contribution is 2.35. The van der Waals surface area contributed by atoms with Gasteiger partial charge < -0.3 is 24.1 Å². The number of rotatable bonds is 11. The van der Waals surface area contributed by atoms with Crippen LogP contribution in [-0.2, 0) is 32.2 Å². The second-order valence-corrected chi connectivity index (χ2v) is 9.81. The lowest BCUT2D eigenvalue weighted by atomic mass is 9.99. The van der Waals surface area contributed by atoms with Crippen molar-refractivity contribution in [3.8, 4) is 0 Å². The van der Waals surface area contributed by atoms with Crippen molar-refractivity contribution in [3.05, 3.63) is 108 Å². The number of carbonyl (C=O) groups excluding carboxylic acids is 1. The molecule has 0 amide bonds. The number of carbonyl (C=O) groups is 1. The Morgan fingerprint density at radius 3 is 1.86 bits per heavy atom. The number of aliphatic hydroxyl groups is 1. The average molecular weight is 509 g/mol. The van der Waals surface area contributed by atoms with Gasteiger partial charge in [0.1, 0.15) is 23.7 Å². The Bertz CT molecular complexity index is 1050. The van der Waals surface area contributed by atoms with Gasteiger partial charge in [-0.05, 0) is 29.0 Å². The minimum atomic E-state index is -0.792. The number of esters is 1. The SMILES string of the molecule is CCS[C@@H]1O[C@H](CO)[C@@H](OCc2ccccc2)[C@H](OC(=O)c2ccccc2)[C@H]1OCc1ccccc1. The first kappa shape index (κ1) is 26.4. The summed E-state index contributed by atoms with van der Waals surface area (Å²) in [7, 11) is 0. The Kier molecular flexibility index (Phi) is 9.95. The maximum absolute atomic E-state index is 13.2. The quantitative estimate of drug-likeness (QED) is 0.371. The van der Waals surface area contributed by atoms with Crippen molar-refractivity contribution < 1.29 is 28.8 Å². The predicted molar refractivity (Wildman–Crippen MR) is 140 cm³/mol. The third kappa shape index (κ3) is 6.96. The molecule has 0 saturated carbocycles. The van der Waals surface area contributed by atoms with E-state index in [-0.39, 0.29) is 13.2 Å². The van der Waals surface area contributed by atoms with Crippen LogP contribution in [0.15, 0.2) is 91.0 Å². The normalized spacial score (nSPS) is 23.8. The summed E-state index contributed by atoms with van der Waals surface area (Å²) in [6.45, 7) is 2.36. The van der Waals surface area contributed by atoms with E-state index >= 15 is 0 Å². The zero-order chi connectivity index (χ0) is 25.2. The lowest BCUT2D eigenvalue weighted by Crippen LogP contribution is -2.60. The second-order valence-electron chi connectivity index (χ2n) is 8.44. The summed E-state index contributed by atoms with van der Waals surface area (Å²) in [6.07, 6.45) is -2.80. The van der Waals surface area contributed by atoms with Crippen LogP contribution in [0, 0.1) is 0 Å². The molecule has 0 unspecified atom stereocenters. The van der Waals surface area contributed by atoms with Gasteiger partial charge in [-0.1, -0.05) is 85.8 Å². The summed E-state index contributed by atoms with van der Waals surface area (Å²) in [6, 6.07) is 28.4. The van der Waals surface area contributed by atoms with Gasteiger partial charge in [-0.15, -0.1) is 11.8 Å². The van der Waals surface area contributed by atoms with Gasteiger partial charge in [-0.3, -0.25) is 0 Å². The first-order valence-corrected chi connectivity index (χ1v) is 13.2. The zero-order valence-electron chi connectivity index (χ0n) is 20.3. The first-order valence-electron chi connectivity index (χ1n) is 12.1. The van der Waals surface area contributed by atoms with Gasteiger partial charge in [-0.25, -0.2) is 4.79 Å². The van der Waals surface area contributed by atoms with Crippen molar-refractivity contribution in [3.63, 3.8) is 0 Å². The van der Waals surface area contributed by atoms with Crippen LogP contribution in [0.4, 0.5) is 0 Å². The molecule has 1 aliphatic heterocycles. The topological polar surface area (TPSA) is 74.2 Å². The van der Waals surface area contributed by atoms with E-state index in [9.17, 15) is 9.90 Å². The zero-order valence-corrected chi connectivity index (χ0v) is 21.1. The number of hydrogen-bond acceptors (Lipinski definition) is 7. The molecule has 0 aromatic heterocycles. The monoisotopic (exact) mass is 508 g/mol. The summed E-state index contributed by atoms with van der Waals surface area (Å²) >= 11 is 1.55. The molecule has 190 valence electrons. The van der Waals surface area contributed by atoms with E-state index in [0.717, 1.165) is 16.9 Å². The van der Waals surface area contributed by atoms with Gasteiger partial charge in [0.2, 0.25) is 0 Å². The molecule has 1 N–H and O–H groups in total. The summed E-state index contributed by atoms with van der Waals surface area (Å²) in [5.74, 6) is 0.296. The fourth-order valence-corrected chi connectivity index (χ4v) is 5.11. The maximum atomic E-state index is 13.2. The highest BCUT2D eigenvalue weighted by Gasteiger charge is 2.49. The van der Waals surface area contributed by atoms with Gasteiger partial charge >= 0.3 is 5.97 Å². The summed E-state index contributed by atoms with van der Waals surface area (Å²) in [4.78, 5) is 13.2. The Balaban J connectivity index is 1.62. The Hall–Kier alpha value is -2.68. The van der Waals surface area contributed by atoms with Gasteiger partial charge in [0.25, 0.3) is 0 Å². The molecular formula is C29H32O6S. The largest absolute Gasteiger partial charge is 0.453 e. The number of benzene rings is 3. The summed E-state index contributed by atoms with van der Waals surface area (Å²) in [5, 5.41) is 10.2. The molecular weight excluding hydrogens is 476 g/mol. The maximum Gasteiger partial charge on any atom is 0.338 e. The molecule has 36 heavy (non-hydrogen) atoms. The number of ether oxygens (including phenoxy) is 4. The van der Waals surface area contributed by atoms with E-state index in [0.29, 0.717) is 12.2 Å². The van der Waals surface area contributed by atoms with E-state index < -0.39 is 35.8 Å². The minimum Gasteiger partial charge on any atom is -0.453 e. The molecule has 0 aliphatic carbocycles. The number of hydrogen-bond donors (Lipinski definition) is 1. The lowest BCUT2D eigenvalue weighted by molar-refractivity contribution is -0.236. The Labute approximate surface area is 216 Å². The summed E-state index contributed by atoms with van der Waals surface area (Å²) in [5.41, 5.74) is 1.96. The smallest absolute Gasteiger partial charge is 0.338 e. The van der Waals surface area contributed by atoms with Crippen LogP contribution < -0.4 is 0 Å². The van der Waals surface area contributed by atoms with Gasteiger partial charge in [0.15, 0.2) is 6.10 Å². The molecule has 3 aromatic carbocycles. The van der Waals surface area contributed by atoms with Crippen molar-refractivity contribution in [2.45, 2.75) is 50.0 Å². The van der Waals surface area contributed by atoms with Gasteiger partial charge in [-0.2, -0.15) is 0 Å². The van der Waals surface area contributed by atoms with Crippen LogP contribution in [-0.4, -0.2) is 53.3 Å². The number of thioether (sulfide) groups is 1. The number of aliphatic hydroxyl groups excluding tert-OH is 1. The van der Waals surface area contributed by atoms with Crippen LogP contribution in [0.25, 0.3) is 0 Å². The molecule has 0 spiro atoms. The molecule has 7 heteroatoms. The molecule has 3 aromatic rings. The van der Waals surface area contributed by atoms with Crippen molar-refractivity contribution in [1.29, 1.82) is 0 Å². The van der Waals surface area contributed by atoms with Crippen LogP contribution >= 0.6 is 11.8 Å². The fourth-order valence-electron chi connectivity index (χ4n) is 4.13. The van der Waals surface area contributed by atoms with E-state index in [2.05, 4.69) is 0 Å². The van der Waals surface area contributed by atoms with E-state index in [1.165, 1.54) is 0 Å². The minimum absolute atomic E-state index is 0.273. The van der Waals surface area contributed by atoms with Crippen molar-refractivity contribution in [2.75, 3.05) is 12.4 Å². The third-order valence-electron chi connectivity index (χ3n) is 5.93. The van der Waals surface area contributed by atoms with E-state index in [1.54, 1.807) is 36.0 Å². The molecule has 1 aliphatic rings. The van der Waals surface area contributed by atoms with Gasteiger partial charge in [0, 0.05) is 0 Å². The van der Waals surface area contributed by atoms with E-state index in [1.807, 2.05) is 73.7 Å².